The highest BCUT2D eigenvalue weighted by molar-refractivity contribution is 4.76. The Morgan fingerprint density at radius 3 is 2.53 bits per heavy atom. The third-order valence-corrected chi connectivity index (χ3v) is 3.18. The fourth-order valence-corrected chi connectivity index (χ4v) is 1.99. The fourth-order valence-electron chi connectivity index (χ4n) is 1.99. The van der Waals surface area contributed by atoms with Crippen LogP contribution in [0.3, 0.4) is 0 Å². The van der Waals surface area contributed by atoms with E-state index in [-0.39, 0.29) is 0 Å². The van der Waals surface area contributed by atoms with E-state index in [2.05, 4.69) is 12.2 Å². The largest absolute Gasteiger partial charge is 0.390 e. The van der Waals surface area contributed by atoms with Crippen LogP contribution in [0, 0.1) is 5.92 Å². The smallest absolute Gasteiger partial charge is 0.0603 e. The molecule has 0 aromatic heterocycles. The summed E-state index contributed by atoms with van der Waals surface area (Å²) in [6.45, 7) is 8.65. The number of aliphatic hydroxyl groups is 1. The highest BCUT2D eigenvalue weighted by Gasteiger charge is 2.20. The molecule has 15 heavy (non-hydrogen) atoms. The van der Waals surface area contributed by atoms with E-state index in [1.807, 2.05) is 13.8 Å². The van der Waals surface area contributed by atoms with Gasteiger partial charge in [-0.3, -0.25) is 0 Å². The summed E-state index contributed by atoms with van der Waals surface area (Å²) in [4.78, 5) is 0. The molecule has 3 heteroatoms. The molecule has 1 fully saturated rings. The molecule has 2 N–H and O–H groups in total. The lowest BCUT2D eigenvalue weighted by molar-refractivity contribution is 0.0508. The normalized spacial score (nSPS) is 21.6. The molecule has 90 valence electrons. The highest BCUT2D eigenvalue weighted by atomic mass is 16.5. The Labute approximate surface area is 93.2 Å². The van der Waals surface area contributed by atoms with Crippen molar-refractivity contribution < 1.29 is 9.84 Å². The van der Waals surface area contributed by atoms with Gasteiger partial charge in [0.25, 0.3) is 0 Å². The number of ether oxygens (including phenoxy) is 1. The van der Waals surface area contributed by atoms with Gasteiger partial charge in [0.1, 0.15) is 0 Å². The molecule has 3 nitrogen and oxygen atoms in total. The lowest BCUT2D eigenvalue weighted by atomic mass is 9.92. The monoisotopic (exact) mass is 215 g/mol. The van der Waals surface area contributed by atoms with Crippen molar-refractivity contribution in [3.63, 3.8) is 0 Å². The van der Waals surface area contributed by atoms with Gasteiger partial charge in [0.2, 0.25) is 0 Å². The second kappa shape index (κ2) is 5.83. The van der Waals surface area contributed by atoms with E-state index in [9.17, 15) is 5.11 Å². The summed E-state index contributed by atoms with van der Waals surface area (Å²) < 4.78 is 5.34. The third-order valence-electron chi connectivity index (χ3n) is 3.18. The quantitative estimate of drug-likeness (QED) is 0.731. The van der Waals surface area contributed by atoms with Gasteiger partial charge in [0.05, 0.1) is 5.60 Å². The Kier molecular flexibility index (Phi) is 5.03. The maximum Gasteiger partial charge on any atom is 0.0603 e. The van der Waals surface area contributed by atoms with Gasteiger partial charge in [-0.25, -0.2) is 0 Å². The molecule has 1 atom stereocenters. The molecule has 0 aromatic carbocycles. The van der Waals surface area contributed by atoms with E-state index in [4.69, 9.17) is 4.74 Å². The molecule has 0 radical (unpaired) electrons. The van der Waals surface area contributed by atoms with E-state index in [1.165, 1.54) is 0 Å². The molecule has 1 unspecified atom stereocenters. The lowest BCUT2D eigenvalue weighted by Crippen LogP contribution is -2.39. The molecule has 1 saturated heterocycles. The van der Waals surface area contributed by atoms with Crippen LogP contribution in [-0.4, -0.2) is 36.5 Å². The zero-order valence-corrected chi connectivity index (χ0v) is 10.3. The summed E-state index contributed by atoms with van der Waals surface area (Å²) in [5.74, 6) is 0.737. The van der Waals surface area contributed by atoms with Gasteiger partial charge in [-0.1, -0.05) is 0 Å². The van der Waals surface area contributed by atoms with Crippen LogP contribution in [0.25, 0.3) is 0 Å². The standard InChI is InChI=1S/C12H25NO2/c1-10(11-4-8-15-9-5-11)13-7-6-12(2,3)14/h10-11,13-14H,4-9H2,1-3H3. The summed E-state index contributed by atoms with van der Waals surface area (Å²) >= 11 is 0. The Bertz CT molecular complexity index is 171. The Balaban J connectivity index is 2.14. The SMILES string of the molecule is CC(NCCC(C)(C)O)C1CCOCC1. The molecule has 0 spiro atoms. The van der Waals surface area contributed by atoms with Crippen LogP contribution in [0.5, 0.6) is 0 Å². The Morgan fingerprint density at radius 1 is 1.40 bits per heavy atom. The minimum atomic E-state index is -0.553. The van der Waals surface area contributed by atoms with Crippen LogP contribution in [0.4, 0.5) is 0 Å². The minimum Gasteiger partial charge on any atom is -0.390 e. The van der Waals surface area contributed by atoms with Crippen LogP contribution in [0.1, 0.15) is 40.0 Å². The van der Waals surface area contributed by atoms with Crippen LogP contribution in [0.2, 0.25) is 0 Å². The zero-order valence-electron chi connectivity index (χ0n) is 10.3. The van der Waals surface area contributed by atoms with Crippen molar-refractivity contribution in [3.05, 3.63) is 0 Å². The van der Waals surface area contributed by atoms with E-state index in [0.29, 0.717) is 6.04 Å². The first-order chi connectivity index (χ1) is 6.99. The number of hydrogen-bond donors (Lipinski definition) is 2. The van der Waals surface area contributed by atoms with Crippen molar-refractivity contribution in [2.45, 2.75) is 51.7 Å². The molecule has 0 aliphatic carbocycles. The lowest BCUT2D eigenvalue weighted by Gasteiger charge is -2.29. The predicted molar refractivity (Wildman–Crippen MR) is 61.9 cm³/mol. The maximum absolute atomic E-state index is 9.58. The molecule has 0 saturated carbocycles. The maximum atomic E-state index is 9.58. The van der Waals surface area contributed by atoms with Gasteiger partial charge >= 0.3 is 0 Å². The van der Waals surface area contributed by atoms with Crippen LogP contribution in [0.15, 0.2) is 0 Å². The van der Waals surface area contributed by atoms with Crippen molar-refractivity contribution in [3.8, 4) is 0 Å². The fraction of sp³-hybridized carbons (Fsp3) is 1.00. The van der Waals surface area contributed by atoms with E-state index >= 15 is 0 Å². The van der Waals surface area contributed by atoms with Crippen LogP contribution >= 0.6 is 0 Å². The molecular weight excluding hydrogens is 190 g/mol. The molecule has 0 bridgehead atoms. The van der Waals surface area contributed by atoms with Gasteiger partial charge in [0.15, 0.2) is 0 Å². The molecule has 1 rings (SSSR count). The molecular formula is C12H25NO2. The average Bonchev–Trinajstić information content (AvgIpc) is 2.17. The topological polar surface area (TPSA) is 41.5 Å². The number of nitrogens with one attached hydrogen (secondary N) is 1. The summed E-state index contributed by atoms with van der Waals surface area (Å²) in [7, 11) is 0. The Morgan fingerprint density at radius 2 is 2.00 bits per heavy atom. The van der Waals surface area contributed by atoms with Crippen molar-refractivity contribution in [1.29, 1.82) is 0 Å². The molecule has 1 aliphatic heterocycles. The van der Waals surface area contributed by atoms with Gasteiger partial charge in [-0.2, -0.15) is 0 Å². The molecule has 1 heterocycles. The second-order valence-electron chi connectivity index (χ2n) is 5.26. The molecule has 0 amide bonds. The summed E-state index contributed by atoms with van der Waals surface area (Å²) in [5.41, 5.74) is -0.553. The van der Waals surface area contributed by atoms with E-state index in [0.717, 1.165) is 44.9 Å². The van der Waals surface area contributed by atoms with E-state index < -0.39 is 5.60 Å². The van der Waals surface area contributed by atoms with Gasteiger partial charge in [-0.15, -0.1) is 0 Å². The number of hydrogen-bond acceptors (Lipinski definition) is 3. The second-order valence-corrected chi connectivity index (χ2v) is 5.26. The predicted octanol–water partition coefficient (Wildman–Crippen LogP) is 1.55. The first-order valence-electron chi connectivity index (χ1n) is 6.02. The van der Waals surface area contributed by atoms with Crippen molar-refractivity contribution in [2.75, 3.05) is 19.8 Å². The summed E-state index contributed by atoms with van der Waals surface area (Å²) in [6.07, 6.45) is 3.13. The molecule has 0 aromatic rings. The highest BCUT2D eigenvalue weighted by Crippen LogP contribution is 2.18. The average molecular weight is 215 g/mol. The van der Waals surface area contributed by atoms with Crippen molar-refractivity contribution in [2.24, 2.45) is 5.92 Å². The number of rotatable bonds is 5. The van der Waals surface area contributed by atoms with Gasteiger partial charge < -0.3 is 15.2 Å². The third kappa shape index (κ3) is 5.50. The zero-order chi connectivity index (χ0) is 11.3. The minimum absolute atomic E-state index is 0.538. The first kappa shape index (κ1) is 12.9. The van der Waals surface area contributed by atoms with Crippen LogP contribution < -0.4 is 5.32 Å². The summed E-state index contributed by atoms with van der Waals surface area (Å²) in [5, 5.41) is 13.1. The Hall–Kier alpha value is -0.120. The van der Waals surface area contributed by atoms with Crippen LogP contribution in [-0.2, 0) is 4.74 Å². The van der Waals surface area contributed by atoms with Crippen molar-refractivity contribution in [1.82, 2.24) is 5.32 Å². The molecule has 1 aliphatic rings. The van der Waals surface area contributed by atoms with E-state index in [1.54, 1.807) is 0 Å². The summed E-state index contributed by atoms with van der Waals surface area (Å²) in [6, 6.07) is 0.538. The van der Waals surface area contributed by atoms with Crippen molar-refractivity contribution >= 4 is 0 Å². The first-order valence-corrected chi connectivity index (χ1v) is 6.02. The van der Waals surface area contributed by atoms with Gasteiger partial charge in [-0.05, 0) is 52.5 Å². The van der Waals surface area contributed by atoms with Gasteiger partial charge in [0, 0.05) is 19.3 Å².